The number of thiazole rings is 1. The molecule has 1 aromatic heterocycles. The SMILES string of the molecule is Cc1ncc(CNC2CCCCC2CNC(=O)OC(C)(C)C)s1. The van der Waals surface area contributed by atoms with E-state index in [1.807, 2.05) is 33.9 Å². The van der Waals surface area contributed by atoms with Gasteiger partial charge in [-0.2, -0.15) is 0 Å². The second-order valence-electron chi connectivity index (χ2n) is 7.26. The molecule has 1 aliphatic carbocycles. The van der Waals surface area contributed by atoms with Gasteiger partial charge in [-0.25, -0.2) is 9.78 Å². The molecule has 2 unspecified atom stereocenters. The van der Waals surface area contributed by atoms with Crippen molar-refractivity contribution in [3.8, 4) is 0 Å². The van der Waals surface area contributed by atoms with Gasteiger partial charge in [0.15, 0.2) is 0 Å². The molecule has 1 heterocycles. The fourth-order valence-electron chi connectivity index (χ4n) is 2.97. The van der Waals surface area contributed by atoms with Gasteiger partial charge in [-0.3, -0.25) is 0 Å². The highest BCUT2D eigenvalue weighted by atomic mass is 32.1. The molecule has 0 radical (unpaired) electrons. The lowest BCUT2D eigenvalue weighted by Gasteiger charge is -2.32. The van der Waals surface area contributed by atoms with Gasteiger partial charge >= 0.3 is 6.09 Å². The van der Waals surface area contributed by atoms with Crippen LogP contribution >= 0.6 is 11.3 Å². The fourth-order valence-corrected chi connectivity index (χ4v) is 3.71. The number of alkyl carbamates (subject to hydrolysis) is 1. The van der Waals surface area contributed by atoms with E-state index in [4.69, 9.17) is 4.74 Å². The molecule has 1 fully saturated rings. The number of hydrogen-bond acceptors (Lipinski definition) is 5. The minimum Gasteiger partial charge on any atom is -0.444 e. The van der Waals surface area contributed by atoms with E-state index < -0.39 is 5.60 Å². The van der Waals surface area contributed by atoms with Crippen LogP contribution in [0.25, 0.3) is 0 Å². The molecule has 0 saturated heterocycles. The first-order chi connectivity index (χ1) is 10.8. The number of rotatable bonds is 5. The molecule has 5 nitrogen and oxygen atoms in total. The Labute approximate surface area is 143 Å². The molecule has 1 amide bonds. The molecule has 0 aliphatic heterocycles. The van der Waals surface area contributed by atoms with Crippen LogP contribution in [0.1, 0.15) is 56.3 Å². The Hall–Kier alpha value is -1.14. The van der Waals surface area contributed by atoms with Gasteiger partial charge in [-0.05, 0) is 46.5 Å². The Morgan fingerprint density at radius 1 is 1.39 bits per heavy atom. The molecule has 23 heavy (non-hydrogen) atoms. The van der Waals surface area contributed by atoms with E-state index in [1.165, 1.54) is 24.1 Å². The fraction of sp³-hybridized carbons (Fsp3) is 0.765. The standard InChI is InChI=1S/C17H29N3O2S/c1-12-18-10-14(23-12)11-19-15-8-6-5-7-13(15)9-20-16(21)22-17(2,3)4/h10,13,15,19H,5-9,11H2,1-4H3,(H,20,21). The summed E-state index contributed by atoms with van der Waals surface area (Å²) < 4.78 is 5.32. The minimum atomic E-state index is -0.446. The monoisotopic (exact) mass is 339 g/mol. The van der Waals surface area contributed by atoms with Gasteiger partial charge in [0.25, 0.3) is 0 Å². The van der Waals surface area contributed by atoms with E-state index in [1.54, 1.807) is 11.3 Å². The van der Waals surface area contributed by atoms with Crippen molar-refractivity contribution in [2.45, 2.75) is 71.6 Å². The molecule has 0 spiro atoms. The van der Waals surface area contributed by atoms with E-state index in [9.17, 15) is 4.79 Å². The van der Waals surface area contributed by atoms with Gasteiger partial charge in [-0.1, -0.05) is 12.8 Å². The quantitative estimate of drug-likeness (QED) is 0.860. The van der Waals surface area contributed by atoms with Crippen LogP contribution in [0.3, 0.4) is 0 Å². The topological polar surface area (TPSA) is 63.2 Å². The highest BCUT2D eigenvalue weighted by Crippen LogP contribution is 2.25. The summed E-state index contributed by atoms with van der Waals surface area (Å²) in [5.41, 5.74) is -0.446. The lowest BCUT2D eigenvalue weighted by atomic mass is 9.84. The summed E-state index contributed by atoms with van der Waals surface area (Å²) >= 11 is 1.74. The molecule has 1 aliphatic rings. The molecule has 6 heteroatoms. The summed E-state index contributed by atoms with van der Waals surface area (Å²) in [5.74, 6) is 0.463. The first kappa shape index (κ1) is 18.2. The maximum Gasteiger partial charge on any atom is 0.407 e. The Balaban J connectivity index is 1.79. The average Bonchev–Trinajstić information content (AvgIpc) is 2.87. The molecule has 1 saturated carbocycles. The zero-order valence-corrected chi connectivity index (χ0v) is 15.5. The van der Waals surface area contributed by atoms with Crippen LogP contribution in [-0.4, -0.2) is 29.3 Å². The highest BCUT2D eigenvalue weighted by Gasteiger charge is 2.26. The number of ether oxygens (including phenoxy) is 1. The van der Waals surface area contributed by atoms with Crippen LogP contribution in [0.2, 0.25) is 0 Å². The number of aromatic nitrogens is 1. The molecule has 130 valence electrons. The lowest BCUT2D eigenvalue weighted by Crippen LogP contribution is -2.44. The number of carbonyl (C=O) groups excluding carboxylic acids is 1. The average molecular weight is 340 g/mol. The number of carbonyl (C=O) groups is 1. The van der Waals surface area contributed by atoms with Crippen molar-refractivity contribution in [1.82, 2.24) is 15.6 Å². The summed E-state index contributed by atoms with van der Waals surface area (Å²) in [5, 5.41) is 7.69. The summed E-state index contributed by atoms with van der Waals surface area (Å²) in [6.45, 7) is 9.22. The molecule has 2 atom stereocenters. The first-order valence-electron chi connectivity index (χ1n) is 8.45. The van der Waals surface area contributed by atoms with Crippen LogP contribution in [0.4, 0.5) is 4.79 Å². The summed E-state index contributed by atoms with van der Waals surface area (Å²) in [4.78, 5) is 17.4. The van der Waals surface area contributed by atoms with Crippen molar-refractivity contribution in [2.75, 3.05) is 6.54 Å². The van der Waals surface area contributed by atoms with Gasteiger partial charge in [-0.15, -0.1) is 11.3 Å². The predicted molar refractivity (Wildman–Crippen MR) is 93.7 cm³/mol. The Bertz CT molecular complexity index is 510. The van der Waals surface area contributed by atoms with E-state index in [2.05, 4.69) is 15.6 Å². The third-order valence-corrected chi connectivity index (χ3v) is 4.94. The number of hydrogen-bond donors (Lipinski definition) is 2. The zero-order chi connectivity index (χ0) is 16.9. The van der Waals surface area contributed by atoms with Gasteiger partial charge in [0.1, 0.15) is 5.60 Å². The van der Waals surface area contributed by atoms with Gasteiger partial charge in [0.05, 0.1) is 5.01 Å². The molecule has 2 N–H and O–H groups in total. The smallest absolute Gasteiger partial charge is 0.407 e. The van der Waals surface area contributed by atoms with Crippen molar-refractivity contribution in [3.05, 3.63) is 16.1 Å². The van der Waals surface area contributed by atoms with Gasteiger partial charge in [0, 0.05) is 30.2 Å². The third kappa shape index (κ3) is 6.47. The largest absolute Gasteiger partial charge is 0.444 e. The van der Waals surface area contributed by atoms with Crippen molar-refractivity contribution in [2.24, 2.45) is 5.92 Å². The lowest BCUT2D eigenvalue weighted by molar-refractivity contribution is 0.0510. The number of aryl methyl sites for hydroxylation is 1. The predicted octanol–water partition coefficient (Wildman–Crippen LogP) is 3.62. The molecule has 0 aromatic carbocycles. The Kier molecular flexibility index (Phi) is 6.41. The number of nitrogens with one attached hydrogen (secondary N) is 2. The van der Waals surface area contributed by atoms with E-state index in [-0.39, 0.29) is 6.09 Å². The molecular weight excluding hydrogens is 310 g/mol. The van der Waals surface area contributed by atoms with Crippen molar-refractivity contribution >= 4 is 17.4 Å². The Morgan fingerprint density at radius 2 is 2.13 bits per heavy atom. The van der Waals surface area contributed by atoms with Crippen LogP contribution in [0, 0.1) is 12.8 Å². The number of amides is 1. The summed E-state index contributed by atoms with van der Waals surface area (Å²) in [6.07, 6.45) is 6.43. The maximum atomic E-state index is 11.8. The van der Waals surface area contributed by atoms with Crippen molar-refractivity contribution < 1.29 is 9.53 Å². The van der Waals surface area contributed by atoms with Crippen LogP contribution < -0.4 is 10.6 Å². The van der Waals surface area contributed by atoms with Crippen LogP contribution in [0.15, 0.2) is 6.20 Å². The van der Waals surface area contributed by atoms with E-state index in [0.717, 1.165) is 18.0 Å². The highest BCUT2D eigenvalue weighted by molar-refractivity contribution is 7.11. The van der Waals surface area contributed by atoms with Crippen molar-refractivity contribution in [3.63, 3.8) is 0 Å². The third-order valence-electron chi connectivity index (χ3n) is 4.02. The maximum absolute atomic E-state index is 11.8. The summed E-state index contributed by atoms with van der Waals surface area (Å²) in [7, 11) is 0. The molecule has 2 rings (SSSR count). The van der Waals surface area contributed by atoms with E-state index in [0.29, 0.717) is 18.5 Å². The second kappa shape index (κ2) is 8.11. The van der Waals surface area contributed by atoms with Gasteiger partial charge < -0.3 is 15.4 Å². The van der Waals surface area contributed by atoms with Gasteiger partial charge in [0.2, 0.25) is 0 Å². The molecular formula is C17H29N3O2S. The van der Waals surface area contributed by atoms with Crippen LogP contribution in [-0.2, 0) is 11.3 Å². The minimum absolute atomic E-state index is 0.320. The summed E-state index contributed by atoms with van der Waals surface area (Å²) in [6, 6.07) is 0.445. The zero-order valence-electron chi connectivity index (χ0n) is 14.6. The van der Waals surface area contributed by atoms with Crippen LogP contribution in [0.5, 0.6) is 0 Å². The van der Waals surface area contributed by atoms with E-state index >= 15 is 0 Å². The normalized spacial score (nSPS) is 21.9. The van der Waals surface area contributed by atoms with Crippen molar-refractivity contribution in [1.29, 1.82) is 0 Å². The Morgan fingerprint density at radius 3 is 2.78 bits per heavy atom. The molecule has 1 aromatic rings. The number of nitrogens with zero attached hydrogens (tertiary/aromatic N) is 1. The first-order valence-corrected chi connectivity index (χ1v) is 9.27. The molecule has 0 bridgehead atoms. The second-order valence-corrected chi connectivity index (χ2v) is 8.58.